The lowest BCUT2D eigenvalue weighted by molar-refractivity contribution is 0.501. The highest BCUT2D eigenvalue weighted by molar-refractivity contribution is 6.08. The molecule has 0 aliphatic rings. The van der Waals surface area contributed by atoms with Crippen LogP contribution in [-0.4, -0.2) is 4.98 Å². The van der Waals surface area contributed by atoms with Gasteiger partial charge in [0.05, 0.1) is 11.2 Å². The van der Waals surface area contributed by atoms with Gasteiger partial charge in [0.2, 0.25) is 0 Å². The van der Waals surface area contributed by atoms with Crippen LogP contribution in [0.25, 0.3) is 33.1 Å². The Labute approximate surface area is 154 Å². The average molecular weight is 343 g/mol. The van der Waals surface area contributed by atoms with Crippen molar-refractivity contribution in [2.45, 2.75) is 41.0 Å². The van der Waals surface area contributed by atoms with Gasteiger partial charge < -0.3 is 4.42 Å². The number of nitrogens with zero attached hydrogens (tertiary/aromatic N) is 1. The molecule has 0 saturated carbocycles. The molecule has 4 rings (SSSR count). The van der Waals surface area contributed by atoms with Crippen molar-refractivity contribution in [1.29, 1.82) is 0 Å². The van der Waals surface area contributed by atoms with Gasteiger partial charge in [-0.1, -0.05) is 42.7 Å². The van der Waals surface area contributed by atoms with Crippen molar-refractivity contribution >= 4 is 21.9 Å². The molecule has 2 heteroatoms. The second-order valence-corrected chi connectivity index (χ2v) is 7.91. The molecule has 4 aromatic rings. The van der Waals surface area contributed by atoms with E-state index in [0.29, 0.717) is 5.92 Å². The van der Waals surface area contributed by atoms with Crippen LogP contribution in [0.5, 0.6) is 0 Å². The molecule has 0 atom stereocenters. The first-order valence-corrected chi connectivity index (χ1v) is 9.32. The van der Waals surface area contributed by atoms with Crippen LogP contribution in [0.3, 0.4) is 0 Å². The molecule has 0 aliphatic carbocycles. The molecule has 0 spiro atoms. The number of rotatable bonds is 3. The number of pyridine rings is 1. The van der Waals surface area contributed by atoms with Gasteiger partial charge in [-0.2, -0.15) is 0 Å². The van der Waals surface area contributed by atoms with E-state index in [0.717, 1.165) is 45.3 Å². The predicted octanol–water partition coefficient (Wildman–Crippen LogP) is 6.77. The normalized spacial score (nSPS) is 11.8. The summed E-state index contributed by atoms with van der Waals surface area (Å²) in [6.07, 6.45) is 0.939. The molecular weight excluding hydrogens is 318 g/mol. The summed E-state index contributed by atoms with van der Waals surface area (Å²) in [5.41, 5.74) is 7.86. The molecule has 2 aromatic heterocycles. The summed E-state index contributed by atoms with van der Waals surface area (Å²) < 4.78 is 6.33. The van der Waals surface area contributed by atoms with E-state index in [1.165, 1.54) is 16.7 Å². The van der Waals surface area contributed by atoms with Crippen molar-refractivity contribution in [3.63, 3.8) is 0 Å². The Hall–Kier alpha value is -2.61. The standard InChI is InChI=1S/C24H25NO/c1-14(2)8-19-13-21-23(18-10-16(4)9-17(5)11-18)25-22-7-6-15(3)12-20(22)24(21)26-19/h6-7,9-14H,8H2,1-5H3. The van der Waals surface area contributed by atoms with E-state index in [-0.39, 0.29) is 0 Å². The second-order valence-electron chi connectivity index (χ2n) is 7.91. The van der Waals surface area contributed by atoms with Gasteiger partial charge in [-0.15, -0.1) is 0 Å². The molecule has 2 heterocycles. The van der Waals surface area contributed by atoms with Crippen molar-refractivity contribution in [3.05, 3.63) is 64.9 Å². The minimum absolute atomic E-state index is 0.557. The molecule has 0 bridgehead atoms. The molecule has 132 valence electrons. The fourth-order valence-corrected chi connectivity index (χ4v) is 3.76. The molecule has 0 fully saturated rings. The van der Waals surface area contributed by atoms with Gasteiger partial charge in [0.1, 0.15) is 11.3 Å². The monoisotopic (exact) mass is 343 g/mol. The maximum Gasteiger partial charge on any atom is 0.145 e. The first kappa shape index (κ1) is 16.8. The van der Waals surface area contributed by atoms with Crippen LogP contribution in [0.1, 0.15) is 36.3 Å². The lowest BCUT2D eigenvalue weighted by atomic mass is 10.00. The van der Waals surface area contributed by atoms with Crippen LogP contribution in [0.4, 0.5) is 0 Å². The zero-order chi connectivity index (χ0) is 18.4. The maximum atomic E-state index is 6.33. The van der Waals surface area contributed by atoms with E-state index in [4.69, 9.17) is 9.40 Å². The largest absolute Gasteiger partial charge is 0.460 e. The minimum Gasteiger partial charge on any atom is -0.460 e. The third-order valence-electron chi connectivity index (χ3n) is 4.77. The second kappa shape index (κ2) is 6.28. The number of hydrogen-bond donors (Lipinski definition) is 0. The number of hydrogen-bond acceptors (Lipinski definition) is 2. The summed E-state index contributed by atoms with van der Waals surface area (Å²) in [5, 5.41) is 2.21. The Bertz CT molecular complexity index is 1100. The lowest BCUT2D eigenvalue weighted by Gasteiger charge is -2.08. The molecule has 2 nitrogen and oxygen atoms in total. The van der Waals surface area contributed by atoms with E-state index in [9.17, 15) is 0 Å². The van der Waals surface area contributed by atoms with E-state index < -0.39 is 0 Å². The van der Waals surface area contributed by atoms with Crippen LogP contribution in [-0.2, 0) is 6.42 Å². The Morgan fingerprint density at radius 3 is 2.27 bits per heavy atom. The lowest BCUT2D eigenvalue weighted by Crippen LogP contribution is -1.91. The van der Waals surface area contributed by atoms with Crippen molar-refractivity contribution in [3.8, 4) is 11.3 Å². The van der Waals surface area contributed by atoms with E-state index in [1.54, 1.807) is 0 Å². The van der Waals surface area contributed by atoms with Gasteiger partial charge in [0.15, 0.2) is 0 Å². The van der Waals surface area contributed by atoms with Gasteiger partial charge in [-0.3, -0.25) is 0 Å². The van der Waals surface area contributed by atoms with Gasteiger partial charge in [-0.05, 0) is 57.0 Å². The van der Waals surface area contributed by atoms with Crippen LogP contribution in [0.2, 0.25) is 0 Å². The summed E-state index contributed by atoms with van der Waals surface area (Å²) in [4.78, 5) is 5.03. The smallest absolute Gasteiger partial charge is 0.145 e. The van der Waals surface area contributed by atoms with E-state index >= 15 is 0 Å². The Kier molecular flexibility index (Phi) is 4.07. The molecule has 0 N–H and O–H groups in total. The quantitative estimate of drug-likeness (QED) is 0.410. The topological polar surface area (TPSA) is 26.0 Å². The summed E-state index contributed by atoms with van der Waals surface area (Å²) in [6, 6.07) is 15.2. The number of benzene rings is 2. The average Bonchev–Trinajstić information content (AvgIpc) is 2.96. The van der Waals surface area contributed by atoms with Crippen molar-refractivity contribution in [2.75, 3.05) is 0 Å². The van der Waals surface area contributed by atoms with Crippen molar-refractivity contribution in [1.82, 2.24) is 4.98 Å². The molecule has 2 aromatic carbocycles. The number of aryl methyl sites for hydroxylation is 3. The number of aromatic nitrogens is 1. The Morgan fingerprint density at radius 2 is 1.58 bits per heavy atom. The fraction of sp³-hybridized carbons (Fsp3) is 0.292. The molecular formula is C24H25NO. The Morgan fingerprint density at radius 1 is 0.846 bits per heavy atom. The van der Waals surface area contributed by atoms with Crippen LogP contribution in [0, 0.1) is 26.7 Å². The van der Waals surface area contributed by atoms with Gasteiger partial charge in [-0.25, -0.2) is 4.98 Å². The highest BCUT2D eigenvalue weighted by Crippen LogP contribution is 2.36. The first-order chi connectivity index (χ1) is 12.4. The summed E-state index contributed by atoms with van der Waals surface area (Å²) >= 11 is 0. The first-order valence-electron chi connectivity index (χ1n) is 9.32. The third-order valence-corrected chi connectivity index (χ3v) is 4.77. The highest BCUT2D eigenvalue weighted by atomic mass is 16.3. The molecule has 0 saturated heterocycles. The summed E-state index contributed by atoms with van der Waals surface area (Å²) in [7, 11) is 0. The van der Waals surface area contributed by atoms with Gasteiger partial charge in [0.25, 0.3) is 0 Å². The van der Waals surface area contributed by atoms with Crippen LogP contribution in [0.15, 0.2) is 46.9 Å². The third kappa shape index (κ3) is 3.01. The van der Waals surface area contributed by atoms with Gasteiger partial charge in [0, 0.05) is 22.8 Å². The zero-order valence-electron chi connectivity index (χ0n) is 16.2. The SMILES string of the molecule is Cc1cc(C)cc(-c2nc3ccc(C)cc3c3oc(CC(C)C)cc23)c1. The van der Waals surface area contributed by atoms with E-state index in [2.05, 4.69) is 77.1 Å². The molecule has 0 radical (unpaired) electrons. The number of furan rings is 1. The molecule has 26 heavy (non-hydrogen) atoms. The minimum atomic E-state index is 0.557. The maximum absolute atomic E-state index is 6.33. The molecule has 0 aliphatic heterocycles. The van der Waals surface area contributed by atoms with E-state index in [1.807, 2.05) is 0 Å². The predicted molar refractivity (Wildman–Crippen MR) is 110 cm³/mol. The fourth-order valence-electron chi connectivity index (χ4n) is 3.76. The Balaban J connectivity index is 2.07. The molecule has 0 unspecified atom stereocenters. The van der Waals surface area contributed by atoms with Crippen LogP contribution < -0.4 is 0 Å². The number of fused-ring (bicyclic) bond motifs is 3. The van der Waals surface area contributed by atoms with Gasteiger partial charge >= 0.3 is 0 Å². The zero-order valence-corrected chi connectivity index (χ0v) is 16.2. The van der Waals surface area contributed by atoms with Crippen molar-refractivity contribution < 1.29 is 4.42 Å². The van der Waals surface area contributed by atoms with Crippen molar-refractivity contribution in [2.24, 2.45) is 5.92 Å². The summed E-state index contributed by atoms with van der Waals surface area (Å²) in [6.45, 7) is 10.8. The molecule has 0 amide bonds. The van der Waals surface area contributed by atoms with Crippen LogP contribution >= 0.6 is 0 Å². The highest BCUT2D eigenvalue weighted by Gasteiger charge is 2.16. The summed E-state index contributed by atoms with van der Waals surface area (Å²) in [5.74, 6) is 1.60.